The van der Waals surface area contributed by atoms with E-state index in [0.717, 1.165) is 37.2 Å². The van der Waals surface area contributed by atoms with Crippen LogP contribution in [0.5, 0.6) is 5.75 Å². The van der Waals surface area contributed by atoms with Crippen LogP contribution in [0.3, 0.4) is 0 Å². The summed E-state index contributed by atoms with van der Waals surface area (Å²) in [6.07, 6.45) is 2.53. The first kappa shape index (κ1) is 22.8. The van der Waals surface area contributed by atoms with Gasteiger partial charge in [0.1, 0.15) is 11.4 Å². The number of esters is 1. The molecular weight excluding hydrogens is 402 g/mol. The third kappa shape index (κ3) is 5.16. The van der Waals surface area contributed by atoms with Crippen molar-refractivity contribution in [3.05, 3.63) is 65.2 Å². The highest BCUT2D eigenvalue weighted by molar-refractivity contribution is 5.73. The summed E-state index contributed by atoms with van der Waals surface area (Å²) in [5.41, 5.74) is 3.07. The monoisotopic (exact) mass is 437 g/mol. The second-order valence-electron chi connectivity index (χ2n) is 10.0. The van der Waals surface area contributed by atoms with Gasteiger partial charge in [0, 0.05) is 19.6 Å². The molecule has 0 aromatic heterocycles. The molecule has 5 nitrogen and oxygen atoms in total. The standard InChI is InChI=1S/C27H35NO4/c1-26(2,3)32-25(29)22(16-20-8-7-10-23(17-20)30-4)18-28-14-12-27(13-15-28)24-11-6-5-9-21(24)19-31-27/h5-11,17,22H,12-16,18-19H2,1-4H3. The molecule has 0 saturated carbocycles. The van der Waals surface area contributed by atoms with E-state index in [9.17, 15) is 4.79 Å². The number of ether oxygens (including phenoxy) is 3. The SMILES string of the molecule is COc1cccc(CC(CN2CCC3(CC2)OCc2ccccc23)C(=O)OC(C)(C)C)c1. The zero-order chi connectivity index (χ0) is 22.8. The van der Waals surface area contributed by atoms with E-state index in [1.807, 2.05) is 45.0 Å². The Morgan fingerprint density at radius 3 is 2.59 bits per heavy atom. The molecule has 0 bridgehead atoms. The van der Waals surface area contributed by atoms with Crippen molar-refractivity contribution in [1.29, 1.82) is 0 Å². The summed E-state index contributed by atoms with van der Waals surface area (Å²) in [5.74, 6) is 0.442. The van der Waals surface area contributed by atoms with Gasteiger partial charge >= 0.3 is 5.97 Å². The molecule has 172 valence electrons. The van der Waals surface area contributed by atoms with Gasteiger partial charge in [-0.3, -0.25) is 4.79 Å². The van der Waals surface area contributed by atoms with Crippen molar-refractivity contribution < 1.29 is 19.0 Å². The van der Waals surface area contributed by atoms with E-state index in [1.165, 1.54) is 11.1 Å². The summed E-state index contributed by atoms with van der Waals surface area (Å²) in [6, 6.07) is 16.5. The maximum atomic E-state index is 13.1. The minimum atomic E-state index is -0.503. The highest BCUT2D eigenvalue weighted by Crippen LogP contribution is 2.44. The molecule has 5 heteroatoms. The summed E-state index contributed by atoms with van der Waals surface area (Å²) in [4.78, 5) is 15.5. The largest absolute Gasteiger partial charge is 0.497 e. The van der Waals surface area contributed by atoms with Crippen molar-refractivity contribution in [2.24, 2.45) is 5.92 Å². The number of benzene rings is 2. The number of methoxy groups -OCH3 is 1. The Morgan fingerprint density at radius 1 is 1.12 bits per heavy atom. The van der Waals surface area contributed by atoms with Gasteiger partial charge in [0.15, 0.2) is 0 Å². The third-order valence-electron chi connectivity index (χ3n) is 6.51. The number of rotatable bonds is 6. The van der Waals surface area contributed by atoms with E-state index in [-0.39, 0.29) is 17.5 Å². The van der Waals surface area contributed by atoms with Gasteiger partial charge in [0.25, 0.3) is 0 Å². The van der Waals surface area contributed by atoms with Gasteiger partial charge in [0.05, 0.1) is 25.2 Å². The van der Waals surface area contributed by atoms with Crippen molar-refractivity contribution in [2.75, 3.05) is 26.7 Å². The summed E-state index contributed by atoms with van der Waals surface area (Å²) in [7, 11) is 1.66. The van der Waals surface area contributed by atoms with Gasteiger partial charge in [-0.1, -0.05) is 36.4 Å². The highest BCUT2D eigenvalue weighted by Gasteiger charge is 2.43. The quantitative estimate of drug-likeness (QED) is 0.612. The van der Waals surface area contributed by atoms with Crippen molar-refractivity contribution >= 4 is 5.97 Å². The summed E-state index contributed by atoms with van der Waals surface area (Å²) in [6.45, 7) is 8.97. The number of carbonyl (C=O) groups excluding carboxylic acids is 1. The first-order valence-electron chi connectivity index (χ1n) is 11.6. The zero-order valence-electron chi connectivity index (χ0n) is 19.7. The Balaban J connectivity index is 1.45. The average Bonchev–Trinajstić information content (AvgIpc) is 3.12. The number of fused-ring (bicyclic) bond motifs is 2. The lowest BCUT2D eigenvalue weighted by atomic mass is 9.83. The molecule has 1 unspecified atom stereocenters. The molecule has 32 heavy (non-hydrogen) atoms. The fourth-order valence-electron chi connectivity index (χ4n) is 4.90. The van der Waals surface area contributed by atoms with Gasteiger partial charge < -0.3 is 19.1 Å². The number of nitrogens with zero attached hydrogens (tertiary/aromatic N) is 1. The molecule has 2 aliphatic heterocycles. The normalized spacial score (nSPS) is 18.9. The smallest absolute Gasteiger partial charge is 0.311 e. The topological polar surface area (TPSA) is 48.0 Å². The van der Waals surface area contributed by atoms with Crippen LogP contribution in [0.4, 0.5) is 0 Å². The number of hydrogen-bond acceptors (Lipinski definition) is 5. The number of carbonyl (C=O) groups is 1. The van der Waals surface area contributed by atoms with Crippen LogP contribution in [-0.4, -0.2) is 43.2 Å². The molecule has 1 atom stereocenters. The maximum absolute atomic E-state index is 13.1. The molecule has 2 heterocycles. The number of likely N-dealkylation sites (tertiary alicyclic amines) is 1. The van der Waals surface area contributed by atoms with E-state index >= 15 is 0 Å². The van der Waals surface area contributed by atoms with Crippen LogP contribution in [0.1, 0.15) is 50.3 Å². The molecule has 0 aliphatic carbocycles. The Hall–Kier alpha value is -2.37. The van der Waals surface area contributed by atoms with Crippen LogP contribution in [0.25, 0.3) is 0 Å². The molecule has 2 aromatic rings. The predicted octanol–water partition coefficient (Wildman–Crippen LogP) is 4.72. The van der Waals surface area contributed by atoms with Crippen molar-refractivity contribution in [1.82, 2.24) is 4.90 Å². The highest BCUT2D eigenvalue weighted by atomic mass is 16.6. The maximum Gasteiger partial charge on any atom is 0.311 e. The molecule has 1 saturated heterocycles. The molecule has 4 rings (SSSR count). The lowest BCUT2D eigenvalue weighted by Crippen LogP contribution is -2.46. The van der Waals surface area contributed by atoms with Gasteiger partial charge in [-0.2, -0.15) is 0 Å². The van der Waals surface area contributed by atoms with Crippen molar-refractivity contribution in [3.63, 3.8) is 0 Å². The van der Waals surface area contributed by atoms with E-state index in [4.69, 9.17) is 14.2 Å². The Bertz CT molecular complexity index is 941. The average molecular weight is 438 g/mol. The van der Waals surface area contributed by atoms with Crippen molar-refractivity contribution in [3.8, 4) is 5.75 Å². The first-order valence-corrected chi connectivity index (χ1v) is 11.6. The molecule has 0 radical (unpaired) electrons. The van der Waals surface area contributed by atoms with Crippen LogP contribution in [0.2, 0.25) is 0 Å². The predicted molar refractivity (Wildman–Crippen MR) is 125 cm³/mol. The molecule has 1 fully saturated rings. The molecule has 0 amide bonds. The first-order chi connectivity index (χ1) is 15.3. The summed E-state index contributed by atoms with van der Waals surface area (Å²) in [5, 5.41) is 0. The van der Waals surface area contributed by atoms with Crippen LogP contribution >= 0.6 is 0 Å². The minimum Gasteiger partial charge on any atom is -0.497 e. The zero-order valence-corrected chi connectivity index (χ0v) is 19.7. The van der Waals surface area contributed by atoms with E-state index < -0.39 is 5.60 Å². The summed E-state index contributed by atoms with van der Waals surface area (Å²) < 4.78 is 17.5. The number of hydrogen-bond donors (Lipinski definition) is 0. The van der Waals surface area contributed by atoms with E-state index in [0.29, 0.717) is 19.6 Å². The van der Waals surface area contributed by atoms with E-state index in [1.54, 1.807) is 7.11 Å². The van der Waals surface area contributed by atoms with Crippen LogP contribution in [-0.2, 0) is 32.9 Å². The molecule has 2 aromatic carbocycles. The van der Waals surface area contributed by atoms with Gasteiger partial charge in [-0.15, -0.1) is 0 Å². The Labute approximate surface area is 191 Å². The fraction of sp³-hybridized carbons (Fsp3) is 0.519. The second kappa shape index (κ2) is 9.24. The van der Waals surface area contributed by atoms with E-state index in [2.05, 4.69) is 29.2 Å². The molecule has 2 aliphatic rings. The summed E-state index contributed by atoms with van der Waals surface area (Å²) >= 11 is 0. The van der Waals surface area contributed by atoms with Gasteiger partial charge in [-0.25, -0.2) is 0 Å². The van der Waals surface area contributed by atoms with Crippen LogP contribution in [0.15, 0.2) is 48.5 Å². The molecular formula is C27H35NO4. The Kier molecular flexibility index (Phi) is 6.59. The Morgan fingerprint density at radius 2 is 1.88 bits per heavy atom. The minimum absolute atomic E-state index is 0.136. The van der Waals surface area contributed by atoms with Crippen LogP contribution < -0.4 is 4.74 Å². The molecule has 1 spiro atoms. The van der Waals surface area contributed by atoms with Gasteiger partial charge in [0.2, 0.25) is 0 Å². The van der Waals surface area contributed by atoms with Crippen molar-refractivity contribution in [2.45, 2.75) is 57.8 Å². The number of piperidine rings is 1. The van der Waals surface area contributed by atoms with Crippen LogP contribution in [0, 0.1) is 5.92 Å². The lowest BCUT2D eigenvalue weighted by Gasteiger charge is -2.40. The third-order valence-corrected chi connectivity index (χ3v) is 6.51. The lowest BCUT2D eigenvalue weighted by molar-refractivity contribution is -0.161. The fourth-order valence-corrected chi connectivity index (χ4v) is 4.90. The molecule has 0 N–H and O–H groups in total. The second-order valence-corrected chi connectivity index (χ2v) is 10.0. The van der Waals surface area contributed by atoms with Gasteiger partial charge in [-0.05, 0) is 68.9 Å².